The molecule has 9 nitrogen and oxygen atoms in total. The Hall–Kier alpha value is -1.19. The summed E-state index contributed by atoms with van der Waals surface area (Å²) in [6, 6.07) is 6.28. The van der Waals surface area contributed by atoms with Gasteiger partial charge in [-0.15, -0.1) is 0 Å². The Morgan fingerprint density at radius 2 is 1.84 bits per heavy atom. The number of ether oxygens (including phenoxy) is 4. The Morgan fingerprint density at radius 1 is 1.06 bits per heavy atom. The molecule has 1 aromatic rings. The van der Waals surface area contributed by atoms with Crippen molar-refractivity contribution < 1.29 is 37.8 Å². The molecule has 1 aromatic carbocycles. The molecule has 0 unspecified atom stereocenters. The summed E-state index contributed by atoms with van der Waals surface area (Å²) in [5.74, 6) is 1.44. The van der Waals surface area contributed by atoms with Gasteiger partial charge < -0.3 is 28.7 Å². The zero-order valence-corrected chi connectivity index (χ0v) is 19.2. The van der Waals surface area contributed by atoms with Gasteiger partial charge in [0.15, 0.2) is 18.3 Å². The summed E-state index contributed by atoms with van der Waals surface area (Å²) in [6.45, 7) is 1.87. The zero-order valence-electron chi connectivity index (χ0n) is 18.3. The summed E-state index contributed by atoms with van der Waals surface area (Å²) in [5.41, 5.74) is 1.14. The van der Waals surface area contributed by atoms with Crippen molar-refractivity contribution in [3.63, 3.8) is 0 Å². The van der Waals surface area contributed by atoms with Crippen LogP contribution in [0.25, 0.3) is 0 Å². The number of methoxy groups -OCH3 is 2. The van der Waals surface area contributed by atoms with Gasteiger partial charge in [0.05, 0.1) is 33.0 Å². The molecule has 1 saturated carbocycles. The standard InChI is InChI=1S/C21H34NO8P/c1-26-20-8-7-16(13-21(20)27-2)10-12-28-19-6-4-3-5-18(19)22-11-9-17(14-22)29-15-30-31(23,24)25/h7-8,13,17-19H,3-6,9-12,14-15H2,1-2H3,(H2,23,24,25)/t17-,18-,19+/m0/s1. The first-order chi connectivity index (χ1) is 14.9. The molecule has 3 rings (SSSR count). The third kappa shape index (κ3) is 7.43. The lowest BCUT2D eigenvalue weighted by atomic mass is 9.91. The van der Waals surface area contributed by atoms with Crippen LogP contribution >= 0.6 is 7.82 Å². The quantitative estimate of drug-likeness (QED) is 0.382. The van der Waals surface area contributed by atoms with Crippen LogP contribution in [-0.2, 0) is 25.0 Å². The molecule has 0 spiro atoms. The molecule has 31 heavy (non-hydrogen) atoms. The predicted molar refractivity (Wildman–Crippen MR) is 114 cm³/mol. The SMILES string of the molecule is COc1ccc(CCO[C@@H]2CCCC[C@@H]2N2CC[C@H](OCOP(=O)(O)O)C2)cc1OC. The first kappa shape index (κ1) is 24.5. The van der Waals surface area contributed by atoms with E-state index >= 15 is 0 Å². The van der Waals surface area contributed by atoms with Gasteiger partial charge in [0.1, 0.15) is 0 Å². The highest BCUT2D eigenvalue weighted by Crippen LogP contribution is 2.36. The maximum Gasteiger partial charge on any atom is 0.471 e. The second-order valence-electron chi connectivity index (χ2n) is 8.01. The third-order valence-electron chi connectivity index (χ3n) is 6.01. The molecular weight excluding hydrogens is 425 g/mol. The number of rotatable bonds is 11. The van der Waals surface area contributed by atoms with Gasteiger partial charge in [-0.3, -0.25) is 9.42 Å². The van der Waals surface area contributed by atoms with E-state index in [4.69, 9.17) is 28.7 Å². The number of phosphoric ester groups is 1. The summed E-state index contributed by atoms with van der Waals surface area (Å²) in [5, 5.41) is 0. The van der Waals surface area contributed by atoms with E-state index < -0.39 is 14.6 Å². The second kappa shape index (κ2) is 11.6. The van der Waals surface area contributed by atoms with Gasteiger partial charge in [0.25, 0.3) is 0 Å². The van der Waals surface area contributed by atoms with Crippen LogP contribution in [-0.4, -0.2) is 73.6 Å². The van der Waals surface area contributed by atoms with Gasteiger partial charge in [0, 0.05) is 19.1 Å². The molecule has 0 amide bonds. The maximum absolute atomic E-state index is 10.8. The highest BCUT2D eigenvalue weighted by atomic mass is 31.2. The fourth-order valence-corrected chi connectivity index (χ4v) is 4.64. The number of nitrogens with zero attached hydrogens (tertiary/aromatic N) is 1. The van der Waals surface area contributed by atoms with Gasteiger partial charge >= 0.3 is 7.82 Å². The predicted octanol–water partition coefficient (Wildman–Crippen LogP) is 2.73. The van der Waals surface area contributed by atoms with Crippen LogP contribution < -0.4 is 9.47 Å². The first-order valence-electron chi connectivity index (χ1n) is 10.8. The normalized spacial score (nSPS) is 25.0. The summed E-state index contributed by atoms with van der Waals surface area (Å²) >= 11 is 0. The highest BCUT2D eigenvalue weighted by Gasteiger charge is 2.35. The molecule has 3 atom stereocenters. The number of hydrogen-bond donors (Lipinski definition) is 2. The average Bonchev–Trinajstić information content (AvgIpc) is 3.21. The summed E-state index contributed by atoms with van der Waals surface area (Å²) in [4.78, 5) is 19.9. The van der Waals surface area contributed by atoms with Gasteiger partial charge in [-0.2, -0.15) is 0 Å². The number of hydrogen-bond acceptors (Lipinski definition) is 7. The van der Waals surface area contributed by atoms with Crippen molar-refractivity contribution in [2.24, 2.45) is 0 Å². The van der Waals surface area contributed by atoms with Crippen molar-refractivity contribution in [3.05, 3.63) is 23.8 Å². The lowest BCUT2D eigenvalue weighted by Gasteiger charge is -2.37. The molecule has 1 aliphatic carbocycles. The van der Waals surface area contributed by atoms with E-state index in [0.29, 0.717) is 12.6 Å². The summed E-state index contributed by atoms with van der Waals surface area (Å²) in [6.07, 6.45) is 6.20. The van der Waals surface area contributed by atoms with Gasteiger partial charge in [0.2, 0.25) is 0 Å². The average molecular weight is 459 g/mol. The van der Waals surface area contributed by atoms with Crippen LogP contribution in [0.5, 0.6) is 11.5 Å². The van der Waals surface area contributed by atoms with E-state index in [2.05, 4.69) is 9.42 Å². The molecule has 2 N–H and O–H groups in total. The zero-order chi connectivity index (χ0) is 22.3. The maximum atomic E-state index is 10.8. The smallest absolute Gasteiger partial charge is 0.471 e. The molecule has 0 bridgehead atoms. The molecule has 1 aliphatic heterocycles. The minimum absolute atomic E-state index is 0.0825. The van der Waals surface area contributed by atoms with Crippen molar-refractivity contribution in [2.75, 3.05) is 40.7 Å². The Labute approximate surface area is 183 Å². The molecule has 0 aromatic heterocycles. The molecule has 1 saturated heterocycles. The van der Waals surface area contributed by atoms with E-state index in [1.54, 1.807) is 14.2 Å². The number of benzene rings is 1. The minimum Gasteiger partial charge on any atom is -0.493 e. The Kier molecular flexibility index (Phi) is 9.16. The first-order valence-corrected chi connectivity index (χ1v) is 12.3. The van der Waals surface area contributed by atoms with Crippen molar-refractivity contribution in [2.45, 2.75) is 56.8 Å². The number of likely N-dealkylation sites (tertiary alicyclic amines) is 1. The van der Waals surface area contributed by atoms with E-state index in [9.17, 15) is 4.57 Å². The molecule has 2 aliphatic rings. The Morgan fingerprint density at radius 3 is 2.58 bits per heavy atom. The van der Waals surface area contributed by atoms with Gasteiger partial charge in [-0.1, -0.05) is 18.9 Å². The molecular formula is C21H34NO8P. The van der Waals surface area contributed by atoms with Crippen LogP contribution in [0.2, 0.25) is 0 Å². The highest BCUT2D eigenvalue weighted by molar-refractivity contribution is 7.46. The van der Waals surface area contributed by atoms with Gasteiger partial charge in [-0.25, -0.2) is 4.57 Å². The molecule has 10 heteroatoms. The van der Waals surface area contributed by atoms with Crippen LogP contribution in [0.15, 0.2) is 18.2 Å². The van der Waals surface area contributed by atoms with Crippen LogP contribution in [0.4, 0.5) is 0 Å². The molecule has 176 valence electrons. The van der Waals surface area contributed by atoms with Crippen molar-refractivity contribution in [1.82, 2.24) is 4.90 Å². The van der Waals surface area contributed by atoms with E-state index in [0.717, 1.165) is 55.8 Å². The third-order valence-corrected chi connectivity index (χ3v) is 6.45. The van der Waals surface area contributed by atoms with Crippen LogP contribution in [0.3, 0.4) is 0 Å². The topological polar surface area (TPSA) is 107 Å². The lowest BCUT2D eigenvalue weighted by Crippen LogP contribution is -2.46. The molecule has 1 heterocycles. The van der Waals surface area contributed by atoms with Crippen LogP contribution in [0, 0.1) is 0 Å². The fourth-order valence-electron chi connectivity index (χ4n) is 4.44. The lowest BCUT2D eigenvalue weighted by molar-refractivity contribution is -0.0552. The Bertz CT molecular complexity index is 742. The van der Waals surface area contributed by atoms with Crippen molar-refractivity contribution >= 4 is 7.82 Å². The van der Waals surface area contributed by atoms with E-state index in [1.807, 2.05) is 18.2 Å². The van der Waals surface area contributed by atoms with Crippen molar-refractivity contribution in [1.29, 1.82) is 0 Å². The minimum atomic E-state index is -4.50. The van der Waals surface area contributed by atoms with Crippen molar-refractivity contribution in [3.8, 4) is 11.5 Å². The Balaban J connectivity index is 1.47. The summed E-state index contributed by atoms with van der Waals surface area (Å²) < 4.78 is 37.7. The summed E-state index contributed by atoms with van der Waals surface area (Å²) in [7, 11) is -1.23. The fraction of sp³-hybridized carbons (Fsp3) is 0.714. The molecule has 2 fully saturated rings. The second-order valence-corrected chi connectivity index (χ2v) is 9.25. The van der Waals surface area contributed by atoms with Crippen LogP contribution in [0.1, 0.15) is 37.7 Å². The van der Waals surface area contributed by atoms with E-state index in [-0.39, 0.29) is 12.2 Å². The van der Waals surface area contributed by atoms with E-state index in [1.165, 1.54) is 12.8 Å². The van der Waals surface area contributed by atoms with Gasteiger partial charge in [-0.05, 0) is 43.4 Å². The largest absolute Gasteiger partial charge is 0.493 e. The molecule has 0 radical (unpaired) electrons. The monoisotopic (exact) mass is 459 g/mol. The number of phosphoric acid groups is 1.